The van der Waals surface area contributed by atoms with Gasteiger partial charge in [0, 0.05) is 6.92 Å². The van der Waals surface area contributed by atoms with E-state index >= 15 is 0 Å². The van der Waals surface area contributed by atoms with Crippen molar-refractivity contribution in [1.29, 1.82) is 0 Å². The second-order valence-corrected chi connectivity index (χ2v) is 9.05. The second kappa shape index (κ2) is 13.5. The van der Waals surface area contributed by atoms with Crippen LogP contribution in [0.5, 0.6) is 0 Å². The number of rotatable bonds is 11. The number of halogens is 1. The van der Waals surface area contributed by atoms with Crippen molar-refractivity contribution < 1.29 is 28.5 Å². The Kier molecular flexibility index (Phi) is 9.90. The third-order valence-electron chi connectivity index (χ3n) is 5.84. The molecule has 190 valence electrons. The smallest absolute Gasteiger partial charge is 0.303 e. The molecule has 1 heterocycles. The molecule has 36 heavy (non-hydrogen) atoms. The Balaban J connectivity index is 1.53. The molecule has 6 nitrogen and oxygen atoms in total. The van der Waals surface area contributed by atoms with Gasteiger partial charge in [-0.1, -0.05) is 103 Å². The molecule has 0 unspecified atom stereocenters. The predicted octanol–water partition coefficient (Wildman–Crippen LogP) is 5.27. The Labute approximate surface area is 217 Å². The zero-order valence-electron chi connectivity index (χ0n) is 20.2. The maximum atomic E-state index is 11.9. The van der Waals surface area contributed by atoms with Gasteiger partial charge in [0.25, 0.3) is 0 Å². The highest BCUT2D eigenvalue weighted by atomic mass is 35.5. The number of ether oxygens (including phenoxy) is 5. The highest BCUT2D eigenvalue weighted by Crippen LogP contribution is 2.32. The maximum Gasteiger partial charge on any atom is 0.303 e. The lowest BCUT2D eigenvalue weighted by molar-refractivity contribution is -0.250. The third-order valence-corrected chi connectivity index (χ3v) is 6.19. The van der Waals surface area contributed by atoms with Crippen molar-refractivity contribution in [3.8, 4) is 0 Å². The first kappa shape index (κ1) is 26.3. The molecule has 7 heteroatoms. The second-order valence-electron chi connectivity index (χ2n) is 8.62. The number of esters is 1. The van der Waals surface area contributed by atoms with Gasteiger partial charge in [0.2, 0.25) is 0 Å². The van der Waals surface area contributed by atoms with E-state index in [0.717, 1.165) is 16.7 Å². The molecule has 3 aromatic carbocycles. The van der Waals surface area contributed by atoms with Crippen LogP contribution < -0.4 is 0 Å². The van der Waals surface area contributed by atoms with Crippen LogP contribution in [-0.4, -0.2) is 42.6 Å². The normalized spacial score (nSPS) is 23.8. The Bertz CT molecular complexity index is 1050. The number of alkyl halides is 1. The molecule has 0 bridgehead atoms. The summed E-state index contributed by atoms with van der Waals surface area (Å²) in [6.45, 7) is 2.62. The number of hydrogen-bond donors (Lipinski definition) is 0. The van der Waals surface area contributed by atoms with E-state index in [2.05, 4.69) is 0 Å². The zero-order chi connectivity index (χ0) is 25.2. The van der Waals surface area contributed by atoms with Crippen LogP contribution in [0.15, 0.2) is 91.0 Å². The van der Waals surface area contributed by atoms with E-state index in [1.54, 1.807) is 0 Å². The van der Waals surface area contributed by atoms with Crippen molar-refractivity contribution in [1.82, 2.24) is 0 Å². The molecule has 5 atom stereocenters. The van der Waals surface area contributed by atoms with E-state index in [4.69, 9.17) is 35.3 Å². The summed E-state index contributed by atoms with van der Waals surface area (Å²) in [5.41, 5.74) is 2.11. The summed E-state index contributed by atoms with van der Waals surface area (Å²) in [7, 11) is 0. The minimum absolute atomic E-state index is 0.232. The van der Waals surface area contributed by atoms with Gasteiger partial charge >= 0.3 is 5.97 Å². The Morgan fingerprint density at radius 2 is 1.19 bits per heavy atom. The first-order chi connectivity index (χ1) is 17.6. The number of carbonyl (C=O) groups is 1. The molecule has 1 aliphatic heterocycles. The van der Waals surface area contributed by atoms with Crippen molar-refractivity contribution in [2.24, 2.45) is 0 Å². The van der Waals surface area contributed by atoms with E-state index in [0.29, 0.717) is 19.8 Å². The van der Waals surface area contributed by atoms with Crippen LogP contribution >= 0.6 is 11.6 Å². The summed E-state index contributed by atoms with van der Waals surface area (Å²) < 4.78 is 30.3. The molecule has 3 aromatic rings. The molecule has 0 aliphatic carbocycles. The van der Waals surface area contributed by atoms with Gasteiger partial charge in [-0.05, 0) is 16.7 Å². The van der Waals surface area contributed by atoms with Crippen LogP contribution in [0.4, 0.5) is 0 Å². The molecule has 0 radical (unpaired) electrons. The van der Waals surface area contributed by atoms with Crippen molar-refractivity contribution in [2.75, 3.05) is 6.61 Å². The molecule has 4 rings (SSSR count). The van der Waals surface area contributed by atoms with Crippen LogP contribution in [0.2, 0.25) is 0 Å². The van der Waals surface area contributed by atoms with Crippen LogP contribution in [0.25, 0.3) is 0 Å². The van der Waals surface area contributed by atoms with Gasteiger partial charge in [-0.3, -0.25) is 4.79 Å². The van der Waals surface area contributed by atoms with E-state index in [-0.39, 0.29) is 6.61 Å². The minimum atomic E-state index is -0.920. The van der Waals surface area contributed by atoms with Gasteiger partial charge in [0.05, 0.1) is 26.4 Å². The molecular formula is C29H31ClO6. The lowest BCUT2D eigenvalue weighted by Crippen LogP contribution is -2.60. The summed E-state index contributed by atoms with van der Waals surface area (Å²) in [6, 6.07) is 29.5. The van der Waals surface area contributed by atoms with Crippen LogP contribution in [-0.2, 0) is 48.3 Å². The van der Waals surface area contributed by atoms with Crippen molar-refractivity contribution in [2.45, 2.75) is 56.7 Å². The Morgan fingerprint density at radius 1 is 0.722 bits per heavy atom. The van der Waals surface area contributed by atoms with Crippen LogP contribution in [0.3, 0.4) is 0 Å². The van der Waals surface area contributed by atoms with Crippen LogP contribution in [0, 0.1) is 0 Å². The van der Waals surface area contributed by atoms with Gasteiger partial charge in [-0.25, -0.2) is 0 Å². The topological polar surface area (TPSA) is 63.2 Å². The summed E-state index contributed by atoms with van der Waals surface area (Å²) in [5.74, 6) is -0.469. The van der Waals surface area contributed by atoms with Crippen LogP contribution in [0.1, 0.15) is 23.6 Å². The monoisotopic (exact) mass is 510 g/mol. The molecule has 1 aliphatic rings. The molecule has 0 spiro atoms. The van der Waals surface area contributed by atoms with Gasteiger partial charge in [0.15, 0.2) is 11.7 Å². The maximum absolute atomic E-state index is 11.9. The number of carbonyl (C=O) groups excluding carboxylic acids is 1. The van der Waals surface area contributed by atoms with E-state index in [9.17, 15) is 4.79 Å². The molecule has 1 fully saturated rings. The summed E-state index contributed by atoms with van der Waals surface area (Å²) in [6.07, 6.45) is -2.64. The van der Waals surface area contributed by atoms with Crippen molar-refractivity contribution >= 4 is 17.6 Å². The number of benzene rings is 3. The fourth-order valence-corrected chi connectivity index (χ4v) is 4.44. The largest absolute Gasteiger partial charge is 0.456 e. The Morgan fingerprint density at radius 3 is 1.69 bits per heavy atom. The quantitative estimate of drug-likeness (QED) is 0.259. The fourth-order valence-electron chi connectivity index (χ4n) is 4.11. The van der Waals surface area contributed by atoms with E-state index in [1.807, 2.05) is 91.0 Å². The van der Waals surface area contributed by atoms with Crippen molar-refractivity contribution in [3.05, 3.63) is 108 Å². The lowest BCUT2D eigenvalue weighted by atomic mass is 9.99. The van der Waals surface area contributed by atoms with Gasteiger partial charge in [-0.15, -0.1) is 0 Å². The van der Waals surface area contributed by atoms with Gasteiger partial charge in [0.1, 0.15) is 18.3 Å². The predicted molar refractivity (Wildman–Crippen MR) is 136 cm³/mol. The summed E-state index contributed by atoms with van der Waals surface area (Å²) >= 11 is 6.59. The minimum Gasteiger partial charge on any atom is -0.456 e. The highest BCUT2D eigenvalue weighted by Gasteiger charge is 2.49. The van der Waals surface area contributed by atoms with Gasteiger partial charge in [-0.2, -0.15) is 0 Å². The van der Waals surface area contributed by atoms with Gasteiger partial charge < -0.3 is 23.7 Å². The fraction of sp³-hybridized carbons (Fsp3) is 0.345. The third kappa shape index (κ3) is 7.63. The standard InChI is InChI=1S/C29H31ClO6/c1-21(31)35-28-27(34-19-24-15-9-4-10-16-24)26(33-18-23-13-7-3-8-14-23)25(36-29(28)30)20-32-17-22-11-5-2-6-12-22/h2-16,25-29H,17-20H2,1H3/t25-,26-,27+,28+,29+/m1/s1. The van der Waals surface area contributed by atoms with Crippen molar-refractivity contribution in [3.63, 3.8) is 0 Å². The molecule has 0 aromatic heterocycles. The number of hydrogen-bond acceptors (Lipinski definition) is 6. The highest BCUT2D eigenvalue weighted by molar-refractivity contribution is 6.20. The molecular weight excluding hydrogens is 480 g/mol. The SMILES string of the molecule is CC(=O)O[C@H]1[C@@H](OCc2ccccc2)[C@H](OCc2ccccc2)[C@@H](COCc2ccccc2)O[C@@H]1Cl. The Hall–Kier alpha value is -2.74. The zero-order valence-corrected chi connectivity index (χ0v) is 21.0. The lowest BCUT2D eigenvalue weighted by Gasteiger charge is -2.43. The molecule has 0 saturated carbocycles. The average Bonchev–Trinajstić information content (AvgIpc) is 2.90. The summed E-state index contributed by atoms with van der Waals surface area (Å²) in [5, 5.41) is 0. The average molecular weight is 511 g/mol. The molecule has 0 N–H and O–H groups in total. The first-order valence-corrected chi connectivity index (χ1v) is 12.4. The molecule has 1 saturated heterocycles. The molecule has 0 amide bonds. The first-order valence-electron chi connectivity index (χ1n) is 12.0. The summed E-state index contributed by atoms with van der Waals surface area (Å²) in [4.78, 5) is 11.9. The van der Waals surface area contributed by atoms with E-state index < -0.39 is 35.9 Å². The van der Waals surface area contributed by atoms with E-state index in [1.165, 1.54) is 6.92 Å².